The number of aromatic nitrogens is 1. The SMILES string of the molecule is CC(C)C(C)Sc1ccc(CN)nc1. The lowest BCUT2D eigenvalue weighted by Gasteiger charge is -2.14. The third-order valence-corrected chi connectivity index (χ3v) is 3.70. The van der Waals surface area contributed by atoms with E-state index in [0.29, 0.717) is 17.7 Å². The fourth-order valence-electron chi connectivity index (χ4n) is 0.952. The molecule has 0 aromatic carbocycles. The molecule has 0 spiro atoms. The van der Waals surface area contributed by atoms with Crippen molar-refractivity contribution in [3.05, 3.63) is 24.0 Å². The van der Waals surface area contributed by atoms with Crippen molar-refractivity contribution < 1.29 is 0 Å². The number of rotatable bonds is 4. The van der Waals surface area contributed by atoms with Gasteiger partial charge >= 0.3 is 0 Å². The molecule has 0 aliphatic heterocycles. The Morgan fingerprint density at radius 3 is 2.50 bits per heavy atom. The van der Waals surface area contributed by atoms with Gasteiger partial charge in [0, 0.05) is 22.9 Å². The average Bonchev–Trinajstić information content (AvgIpc) is 2.19. The Morgan fingerprint density at radius 1 is 1.36 bits per heavy atom. The topological polar surface area (TPSA) is 38.9 Å². The quantitative estimate of drug-likeness (QED) is 0.777. The van der Waals surface area contributed by atoms with E-state index in [9.17, 15) is 0 Å². The predicted molar refractivity (Wildman–Crippen MR) is 62.3 cm³/mol. The van der Waals surface area contributed by atoms with Crippen LogP contribution in [0.25, 0.3) is 0 Å². The summed E-state index contributed by atoms with van der Waals surface area (Å²) in [6, 6.07) is 4.09. The summed E-state index contributed by atoms with van der Waals surface area (Å²) in [5.74, 6) is 0.689. The van der Waals surface area contributed by atoms with Crippen LogP contribution in [0.15, 0.2) is 23.2 Å². The molecule has 0 aliphatic rings. The Hall–Kier alpha value is -0.540. The summed E-state index contributed by atoms with van der Waals surface area (Å²) in [7, 11) is 0. The van der Waals surface area contributed by atoms with Crippen molar-refractivity contribution >= 4 is 11.8 Å². The summed E-state index contributed by atoms with van der Waals surface area (Å²) in [6.45, 7) is 7.23. The molecule has 1 unspecified atom stereocenters. The number of hydrogen-bond acceptors (Lipinski definition) is 3. The van der Waals surface area contributed by atoms with Gasteiger partial charge < -0.3 is 5.73 Å². The van der Waals surface area contributed by atoms with Crippen molar-refractivity contribution in [3.63, 3.8) is 0 Å². The van der Waals surface area contributed by atoms with Gasteiger partial charge in [-0.05, 0) is 18.1 Å². The minimum absolute atomic E-state index is 0.519. The largest absolute Gasteiger partial charge is 0.325 e. The molecule has 0 radical (unpaired) electrons. The number of nitrogens with zero attached hydrogens (tertiary/aromatic N) is 1. The van der Waals surface area contributed by atoms with Gasteiger partial charge in [0.15, 0.2) is 0 Å². The van der Waals surface area contributed by atoms with E-state index in [1.54, 1.807) is 0 Å². The Bertz CT molecular complexity index is 269. The summed E-state index contributed by atoms with van der Waals surface area (Å²) < 4.78 is 0. The molecule has 0 amide bonds. The summed E-state index contributed by atoms with van der Waals surface area (Å²) in [5, 5.41) is 0.625. The third kappa shape index (κ3) is 3.31. The lowest BCUT2D eigenvalue weighted by atomic mass is 10.2. The second kappa shape index (κ2) is 5.37. The van der Waals surface area contributed by atoms with Crippen LogP contribution < -0.4 is 5.73 Å². The molecule has 0 aliphatic carbocycles. The Kier molecular flexibility index (Phi) is 4.42. The maximum Gasteiger partial charge on any atom is 0.0540 e. The Balaban J connectivity index is 2.59. The van der Waals surface area contributed by atoms with Crippen LogP contribution in [0.5, 0.6) is 0 Å². The Labute approximate surface area is 90.3 Å². The highest BCUT2D eigenvalue weighted by atomic mass is 32.2. The zero-order valence-electron chi connectivity index (χ0n) is 9.03. The van der Waals surface area contributed by atoms with Crippen molar-refractivity contribution in [2.45, 2.75) is 37.5 Å². The monoisotopic (exact) mass is 210 g/mol. The highest BCUT2D eigenvalue weighted by molar-refractivity contribution is 8.00. The Morgan fingerprint density at radius 2 is 2.07 bits per heavy atom. The molecule has 1 heterocycles. The van der Waals surface area contributed by atoms with E-state index in [-0.39, 0.29) is 0 Å². The molecule has 1 rings (SSSR count). The average molecular weight is 210 g/mol. The molecular formula is C11H18N2S. The summed E-state index contributed by atoms with van der Waals surface area (Å²) in [6.07, 6.45) is 1.91. The first-order chi connectivity index (χ1) is 6.63. The van der Waals surface area contributed by atoms with Crippen molar-refractivity contribution in [1.82, 2.24) is 4.98 Å². The van der Waals surface area contributed by atoms with Crippen LogP contribution in [-0.4, -0.2) is 10.2 Å². The van der Waals surface area contributed by atoms with Gasteiger partial charge in [-0.15, -0.1) is 11.8 Å². The van der Waals surface area contributed by atoms with Gasteiger partial charge in [0.05, 0.1) is 5.69 Å². The molecule has 0 saturated carbocycles. The lowest BCUT2D eigenvalue weighted by molar-refractivity contribution is 0.642. The van der Waals surface area contributed by atoms with E-state index < -0.39 is 0 Å². The molecule has 1 aromatic heterocycles. The van der Waals surface area contributed by atoms with Gasteiger partial charge in [0.1, 0.15) is 0 Å². The molecule has 2 nitrogen and oxygen atoms in total. The zero-order chi connectivity index (χ0) is 10.6. The standard InChI is InChI=1S/C11H18N2S/c1-8(2)9(3)14-11-5-4-10(6-12)13-7-11/h4-5,7-9H,6,12H2,1-3H3. The van der Waals surface area contributed by atoms with Crippen LogP contribution in [0.2, 0.25) is 0 Å². The summed E-state index contributed by atoms with van der Waals surface area (Å²) in [5.41, 5.74) is 6.43. The molecule has 0 saturated heterocycles. The minimum Gasteiger partial charge on any atom is -0.325 e. The van der Waals surface area contributed by atoms with Crippen LogP contribution in [0, 0.1) is 5.92 Å². The first-order valence-corrected chi connectivity index (χ1v) is 5.83. The van der Waals surface area contributed by atoms with Gasteiger partial charge in [-0.25, -0.2) is 0 Å². The van der Waals surface area contributed by atoms with Crippen molar-refractivity contribution in [2.75, 3.05) is 0 Å². The number of pyridine rings is 1. The molecule has 78 valence electrons. The van der Waals surface area contributed by atoms with Gasteiger partial charge in [0.2, 0.25) is 0 Å². The number of thioether (sulfide) groups is 1. The van der Waals surface area contributed by atoms with E-state index in [2.05, 4.69) is 31.8 Å². The maximum atomic E-state index is 5.48. The minimum atomic E-state index is 0.519. The van der Waals surface area contributed by atoms with Crippen LogP contribution in [0.1, 0.15) is 26.5 Å². The molecule has 2 N–H and O–H groups in total. The maximum absolute atomic E-state index is 5.48. The molecule has 0 bridgehead atoms. The first kappa shape index (κ1) is 11.5. The van der Waals surface area contributed by atoms with Crippen LogP contribution in [-0.2, 0) is 6.54 Å². The van der Waals surface area contributed by atoms with Crippen LogP contribution in [0.3, 0.4) is 0 Å². The van der Waals surface area contributed by atoms with Crippen molar-refractivity contribution in [1.29, 1.82) is 0 Å². The molecule has 1 atom stereocenters. The fraction of sp³-hybridized carbons (Fsp3) is 0.545. The van der Waals surface area contributed by atoms with Crippen LogP contribution in [0.4, 0.5) is 0 Å². The predicted octanol–water partition coefficient (Wildman–Crippen LogP) is 2.68. The molecule has 3 heteroatoms. The van der Waals surface area contributed by atoms with E-state index in [4.69, 9.17) is 5.73 Å². The fourth-order valence-corrected chi connectivity index (χ4v) is 1.91. The summed E-state index contributed by atoms with van der Waals surface area (Å²) >= 11 is 1.87. The number of hydrogen-bond donors (Lipinski definition) is 1. The van der Waals surface area contributed by atoms with E-state index in [0.717, 1.165) is 5.69 Å². The van der Waals surface area contributed by atoms with Gasteiger partial charge in [-0.3, -0.25) is 4.98 Å². The van der Waals surface area contributed by atoms with Crippen molar-refractivity contribution in [3.8, 4) is 0 Å². The van der Waals surface area contributed by atoms with E-state index in [1.807, 2.05) is 24.0 Å². The second-order valence-corrected chi connectivity index (χ2v) is 5.21. The molecule has 0 fully saturated rings. The highest BCUT2D eigenvalue weighted by Gasteiger charge is 2.08. The number of nitrogens with two attached hydrogens (primary N) is 1. The van der Waals surface area contributed by atoms with Gasteiger partial charge in [-0.2, -0.15) is 0 Å². The zero-order valence-corrected chi connectivity index (χ0v) is 9.84. The van der Waals surface area contributed by atoms with Crippen LogP contribution >= 0.6 is 11.8 Å². The highest BCUT2D eigenvalue weighted by Crippen LogP contribution is 2.26. The first-order valence-electron chi connectivity index (χ1n) is 4.95. The summed E-state index contributed by atoms with van der Waals surface area (Å²) in [4.78, 5) is 5.49. The van der Waals surface area contributed by atoms with Crippen molar-refractivity contribution in [2.24, 2.45) is 11.7 Å². The van der Waals surface area contributed by atoms with E-state index >= 15 is 0 Å². The van der Waals surface area contributed by atoms with E-state index in [1.165, 1.54) is 4.90 Å². The second-order valence-electron chi connectivity index (χ2n) is 3.76. The normalized spacial score (nSPS) is 13.2. The smallest absolute Gasteiger partial charge is 0.0540 e. The van der Waals surface area contributed by atoms with Gasteiger partial charge in [-0.1, -0.05) is 20.8 Å². The lowest BCUT2D eigenvalue weighted by Crippen LogP contribution is -2.05. The molecule has 14 heavy (non-hydrogen) atoms. The molecular weight excluding hydrogens is 192 g/mol. The molecule has 1 aromatic rings. The third-order valence-electron chi connectivity index (χ3n) is 2.27. The van der Waals surface area contributed by atoms with Gasteiger partial charge in [0.25, 0.3) is 0 Å².